The Morgan fingerprint density at radius 2 is 1.75 bits per heavy atom. The molecule has 0 saturated carbocycles. The van der Waals surface area contributed by atoms with E-state index in [9.17, 15) is 8.78 Å². The third-order valence-corrected chi connectivity index (χ3v) is 2.97. The van der Waals surface area contributed by atoms with E-state index in [1.807, 2.05) is 31.2 Å². The van der Waals surface area contributed by atoms with Crippen LogP contribution < -0.4 is 0 Å². The van der Waals surface area contributed by atoms with E-state index in [1.165, 1.54) is 18.2 Å². The van der Waals surface area contributed by atoms with Crippen molar-refractivity contribution in [1.29, 1.82) is 0 Å². The summed E-state index contributed by atoms with van der Waals surface area (Å²) >= 11 is 0. The third kappa shape index (κ3) is 3.41. The molecule has 0 bridgehead atoms. The molecule has 0 radical (unpaired) electrons. The van der Waals surface area contributed by atoms with Crippen molar-refractivity contribution in [2.24, 2.45) is 5.16 Å². The van der Waals surface area contributed by atoms with E-state index in [1.54, 1.807) is 6.21 Å². The first-order valence-corrected chi connectivity index (χ1v) is 6.38. The van der Waals surface area contributed by atoms with Gasteiger partial charge in [0.25, 0.3) is 0 Å². The van der Waals surface area contributed by atoms with E-state index in [0.29, 0.717) is 0 Å². The van der Waals surface area contributed by atoms with Crippen molar-refractivity contribution < 1.29 is 13.6 Å². The topological polar surface area (TPSA) is 21.6 Å². The lowest BCUT2D eigenvalue weighted by atomic mass is 10.1. The second-order valence-electron chi connectivity index (χ2n) is 4.26. The average molecular weight is 275 g/mol. The fraction of sp³-hybridized carbons (Fsp3) is 0.188. The maximum atomic E-state index is 13.3. The van der Waals surface area contributed by atoms with Crippen LogP contribution in [0.15, 0.2) is 47.6 Å². The van der Waals surface area contributed by atoms with Gasteiger partial charge in [-0.1, -0.05) is 42.4 Å². The Bertz CT molecular complexity index is 591. The largest absolute Gasteiger partial charge is 0.391 e. The first kappa shape index (κ1) is 14.2. The molecule has 20 heavy (non-hydrogen) atoms. The highest BCUT2D eigenvalue weighted by atomic mass is 19.1. The normalized spacial score (nSPS) is 10.9. The molecule has 2 aromatic carbocycles. The lowest BCUT2D eigenvalue weighted by Gasteiger charge is -2.04. The van der Waals surface area contributed by atoms with Gasteiger partial charge in [0.2, 0.25) is 0 Å². The number of aryl methyl sites for hydroxylation is 1. The molecule has 2 rings (SSSR count). The summed E-state index contributed by atoms with van der Waals surface area (Å²) in [5.74, 6) is -1.26. The third-order valence-electron chi connectivity index (χ3n) is 2.97. The summed E-state index contributed by atoms with van der Waals surface area (Å²) in [5.41, 5.74) is 1.95. The minimum Gasteiger partial charge on any atom is -0.391 e. The Hall–Kier alpha value is -2.23. The van der Waals surface area contributed by atoms with E-state index in [4.69, 9.17) is 4.84 Å². The zero-order valence-electron chi connectivity index (χ0n) is 11.1. The second kappa shape index (κ2) is 6.80. The molecule has 0 aliphatic heterocycles. The van der Waals surface area contributed by atoms with E-state index in [-0.39, 0.29) is 12.2 Å². The van der Waals surface area contributed by atoms with Gasteiger partial charge in [0.05, 0.1) is 11.8 Å². The summed E-state index contributed by atoms with van der Waals surface area (Å²) in [7, 11) is 0. The summed E-state index contributed by atoms with van der Waals surface area (Å²) in [6.07, 6.45) is 2.43. The highest BCUT2D eigenvalue weighted by molar-refractivity contribution is 5.81. The summed E-state index contributed by atoms with van der Waals surface area (Å²) in [6.45, 7) is 1.81. The number of rotatable bonds is 5. The number of nitrogens with zero attached hydrogens (tertiary/aromatic N) is 1. The average Bonchev–Trinajstić information content (AvgIpc) is 2.46. The van der Waals surface area contributed by atoms with Gasteiger partial charge >= 0.3 is 0 Å². The highest BCUT2D eigenvalue weighted by Gasteiger charge is 2.08. The van der Waals surface area contributed by atoms with E-state index in [2.05, 4.69) is 5.16 Å². The standard InChI is InChI=1S/C16H15F2NO/c1-2-12-6-3-4-7-13(12)10-19-20-11-14-15(17)8-5-9-16(14)18/h3-10H,2,11H2,1H3. The molecule has 2 aromatic rings. The van der Waals surface area contributed by atoms with Crippen LogP contribution in [0, 0.1) is 11.6 Å². The Morgan fingerprint density at radius 3 is 2.45 bits per heavy atom. The zero-order chi connectivity index (χ0) is 14.4. The molecular formula is C16H15F2NO. The zero-order valence-corrected chi connectivity index (χ0v) is 11.1. The predicted molar refractivity (Wildman–Crippen MR) is 74.6 cm³/mol. The molecule has 0 heterocycles. The van der Waals surface area contributed by atoms with Crippen molar-refractivity contribution in [1.82, 2.24) is 0 Å². The van der Waals surface area contributed by atoms with Crippen LogP contribution in [0.5, 0.6) is 0 Å². The van der Waals surface area contributed by atoms with Gasteiger partial charge in [0, 0.05) is 0 Å². The Balaban J connectivity index is 2.01. The number of halogens is 2. The minimum absolute atomic E-state index is 0.117. The van der Waals surface area contributed by atoms with Gasteiger partial charge in [-0.3, -0.25) is 0 Å². The fourth-order valence-electron chi connectivity index (χ4n) is 1.85. The van der Waals surface area contributed by atoms with Gasteiger partial charge < -0.3 is 4.84 Å². The molecule has 4 heteroatoms. The van der Waals surface area contributed by atoms with Crippen molar-refractivity contribution in [3.8, 4) is 0 Å². The van der Waals surface area contributed by atoms with Crippen LogP contribution in [0.2, 0.25) is 0 Å². The predicted octanol–water partition coefficient (Wildman–Crippen LogP) is 4.08. The summed E-state index contributed by atoms with van der Waals surface area (Å²) in [5, 5.41) is 3.77. The molecule has 104 valence electrons. The maximum Gasteiger partial charge on any atom is 0.147 e. The van der Waals surface area contributed by atoms with Crippen molar-refractivity contribution in [3.63, 3.8) is 0 Å². The van der Waals surface area contributed by atoms with E-state index in [0.717, 1.165) is 17.5 Å². The van der Waals surface area contributed by atoms with Crippen LogP contribution in [0.3, 0.4) is 0 Å². The summed E-state index contributed by atoms with van der Waals surface area (Å²) in [6, 6.07) is 11.5. The quantitative estimate of drug-likeness (QED) is 0.595. The molecule has 0 unspecified atom stereocenters. The molecule has 0 N–H and O–H groups in total. The van der Waals surface area contributed by atoms with Crippen molar-refractivity contribution in [2.75, 3.05) is 0 Å². The van der Waals surface area contributed by atoms with Gasteiger partial charge in [-0.2, -0.15) is 0 Å². The molecular weight excluding hydrogens is 260 g/mol. The highest BCUT2D eigenvalue weighted by Crippen LogP contribution is 2.13. The summed E-state index contributed by atoms with van der Waals surface area (Å²) in [4.78, 5) is 4.97. The first-order chi connectivity index (χ1) is 9.72. The lowest BCUT2D eigenvalue weighted by molar-refractivity contribution is 0.126. The van der Waals surface area contributed by atoms with Crippen molar-refractivity contribution in [2.45, 2.75) is 20.0 Å². The van der Waals surface area contributed by atoms with Gasteiger partial charge in [-0.15, -0.1) is 0 Å². The van der Waals surface area contributed by atoms with Gasteiger partial charge in [-0.25, -0.2) is 8.78 Å². The van der Waals surface area contributed by atoms with E-state index < -0.39 is 11.6 Å². The fourth-order valence-corrected chi connectivity index (χ4v) is 1.85. The molecule has 0 spiro atoms. The van der Waals surface area contributed by atoms with Crippen molar-refractivity contribution >= 4 is 6.21 Å². The van der Waals surface area contributed by atoms with Crippen LogP contribution in [-0.2, 0) is 17.9 Å². The van der Waals surface area contributed by atoms with Crippen molar-refractivity contribution in [3.05, 3.63) is 70.8 Å². The monoisotopic (exact) mass is 275 g/mol. The minimum atomic E-state index is -0.630. The van der Waals surface area contributed by atoms with Gasteiger partial charge in [0.1, 0.15) is 18.2 Å². The smallest absolute Gasteiger partial charge is 0.147 e. The Morgan fingerprint density at radius 1 is 1.05 bits per heavy atom. The molecule has 0 amide bonds. The van der Waals surface area contributed by atoms with Gasteiger partial charge in [0.15, 0.2) is 0 Å². The number of hydrogen-bond acceptors (Lipinski definition) is 2. The molecule has 2 nitrogen and oxygen atoms in total. The van der Waals surface area contributed by atoms with E-state index >= 15 is 0 Å². The van der Waals surface area contributed by atoms with Crippen LogP contribution in [0.4, 0.5) is 8.78 Å². The summed E-state index contributed by atoms with van der Waals surface area (Å²) < 4.78 is 26.7. The molecule has 0 aliphatic rings. The van der Waals surface area contributed by atoms with Gasteiger partial charge in [-0.05, 0) is 29.7 Å². The molecule has 0 aromatic heterocycles. The van der Waals surface area contributed by atoms with Crippen LogP contribution in [-0.4, -0.2) is 6.21 Å². The maximum absolute atomic E-state index is 13.3. The Labute approximate surface area is 116 Å². The van der Waals surface area contributed by atoms with Crippen LogP contribution in [0.1, 0.15) is 23.6 Å². The number of oxime groups is 1. The number of benzene rings is 2. The van der Waals surface area contributed by atoms with Crippen LogP contribution >= 0.6 is 0 Å². The molecule has 0 aliphatic carbocycles. The lowest BCUT2D eigenvalue weighted by Crippen LogP contribution is -1.97. The van der Waals surface area contributed by atoms with Crippen LogP contribution in [0.25, 0.3) is 0 Å². The molecule has 0 atom stereocenters. The SMILES string of the molecule is CCc1ccccc1C=NOCc1c(F)cccc1F. The molecule has 0 saturated heterocycles. The first-order valence-electron chi connectivity index (χ1n) is 6.38. The Kier molecular flexibility index (Phi) is 4.82. The molecule has 0 fully saturated rings. The number of hydrogen-bond donors (Lipinski definition) is 0. The second-order valence-corrected chi connectivity index (χ2v) is 4.26.